The molecule has 0 saturated carbocycles. The van der Waals surface area contributed by atoms with Crippen LogP contribution in [0.15, 0.2) is 29.2 Å². The second-order valence-corrected chi connectivity index (χ2v) is 9.50. The predicted molar refractivity (Wildman–Crippen MR) is 102 cm³/mol. The Hall–Kier alpha value is -0.730. The summed E-state index contributed by atoms with van der Waals surface area (Å²) in [5.74, 6) is -0.235. The molecule has 1 amide bonds. The summed E-state index contributed by atoms with van der Waals surface area (Å²) in [6.07, 6.45) is 3.23. The van der Waals surface area contributed by atoms with Gasteiger partial charge >= 0.3 is 0 Å². The van der Waals surface area contributed by atoms with Crippen LogP contribution in [0.4, 0.5) is 5.69 Å². The molecule has 0 aliphatic heterocycles. The Morgan fingerprint density at radius 2 is 1.76 bits per heavy atom. The highest BCUT2D eigenvalue weighted by Gasteiger charge is 2.33. The Morgan fingerprint density at radius 3 is 2.24 bits per heavy atom. The third kappa shape index (κ3) is 8.46. The van der Waals surface area contributed by atoms with Crippen molar-refractivity contribution in [1.82, 2.24) is 5.32 Å². The van der Waals surface area contributed by atoms with Crippen LogP contribution in [0, 0.1) is 0 Å². The van der Waals surface area contributed by atoms with E-state index in [2.05, 4.69) is 17.6 Å². The number of carbonyl (C=O) groups excluding carboxylic acids is 1. The Kier molecular flexibility index (Phi) is 8.77. The number of benzene rings is 1. The average molecular weight is 431 g/mol. The largest absolute Gasteiger partial charge is 0.362 e. The Balaban J connectivity index is 2.72. The molecule has 0 heterocycles. The number of sulfonamides is 1. The SMILES string of the molecule is CCCCCCC(=O)NC(Nc1ccc(S(N)(=O)=O)cc1)C(Cl)(Cl)Cl. The summed E-state index contributed by atoms with van der Waals surface area (Å²) in [7, 11) is -3.79. The second-order valence-electron chi connectivity index (χ2n) is 5.57. The lowest BCUT2D eigenvalue weighted by Gasteiger charge is -2.27. The summed E-state index contributed by atoms with van der Waals surface area (Å²) < 4.78 is 20.7. The van der Waals surface area contributed by atoms with Crippen LogP contribution < -0.4 is 15.8 Å². The molecular formula is C15H22Cl3N3O3S. The lowest BCUT2D eigenvalue weighted by atomic mass is 10.1. The highest BCUT2D eigenvalue weighted by atomic mass is 35.6. The summed E-state index contributed by atoms with van der Waals surface area (Å²) in [4.78, 5) is 12.0. The van der Waals surface area contributed by atoms with E-state index in [1.54, 1.807) is 0 Å². The van der Waals surface area contributed by atoms with Crippen molar-refractivity contribution in [3.63, 3.8) is 0 Å². The van der Waals surface area contributed by atoms with Crippen molar-refractivity contribution in [2.45, 2.75) is 53.9 Å². The molecule has 0 aliphatic carbocycles. The van der Waals surface area contributed by atoms with Crippen LogP contribution in [-0.2, 0) is 14.8 Å². The van der Waals surface area contributed by atoms with Gasteiger partial charge in [0.05, 0.1) is 4.90 Å². The van der Waals surface area contributed by atoms with E-state index in [1.165, 1.54) is 24.3 Å². The maximum Gasteiger partial charge on any atom is 0.238 e. The number of rotatable bonds is 9. The van der Waals surface area contributed by atoms with E-state index >= 15 is 0 Å². The van der Waals surface area contributed by atoms with Gasteiger partial charge in [-0.15, -0.1) is 0 Å². The standard InChI is InChI=1S/C15H22Cl3N3O3S/c1-2-3-4-5-6-13(22)21-14(15(16,17)18)20-11-7-9-12(10-8-11)25(19,23)24/h7-10,14,20H,2-6H2,1H3,(H,21,22)(H2,19,23,24). The van der Waals surface area contributed by atoms with E-state index in [0.29, 0.717) is 12.1 Å². The van der Waals surface area contributed by atoms with Crippen LogP contribution in [0.1, 0.15) is 39.0 Å². The van der Waals surface area contributed by atoms with E-state index in [1.807, 2.05) is 0 Å². The molecular weight excluding hydrogens is 409 g/mol. The highest BCUT2D eigenvalue weighted by molar-refractivity contribution is 7.89. The molecule has 1 rings (SSSR count). The Labute approximate surface area is 163 Å². The fourth-order valence-corrected chi connectivity index (χ4v) is 2.90. The number of halogens is 3. The van der Waals surface area contributed by atoms with Crippen molar-refractivity contribution < 1.29 is 13.2 Å². The van der Waals surface area contributed by atoms with Gasteiger partial charge in [0.15, 0.2) is 0 Å². The minimum absolute atomic E-state index is 0.0385. The number of nitrogens with two attached hydrogens (primary N) is 1. The molecule has 0 fully saturated rings. The smallest absolute Gasteiger partial charge is 0.238 e. The monoisotopic (exact) mass is 429 g/mol. The van der Waals surface area contributed by atoms with E-state index < -0.39 is 20.0 Å². The number of hydrogen-bond acceptors (Lipinski definition) is 4. The van der Waals surface area contributed by atoms with Gasteiger partial charge in [-0.25, -0.2) is 13.6 Å². The lowest BCUT2D eigenvalue weighted by molar-refractivity contribution is -0.121. The fraction of sp³-hybridized carbons (Fsp3) is 0.533. The minimum atomic E-state index is -3.79. The summed E-state index contributed by atoms with van der Waals surface area (Å²) in [5, 5.41) is 10.5. The van der Waals surface area contributed by atoms with Gasteiger partial charge in [-0.05, 0) is 30.7 Å². The van der Waals surface area contributed by atoms with Crippen molar-refractivity contribution >= 4 is 56.4 Å². The van der Waals surface area contributed by atoms with Gasteiger partial charge in [-0.1, -0.05) is 61.0 Å². The molecule has 0 aromatic heterocycles. The third-order valence-corrected chi connectivity index (χ3v) is 4.97. The van der Waals surface area contributed by atoms with Crippen LogP contribution in [0.25, 0.3) is 0 Å². The zero-order chi connectivity index (χ0) is 19.1. The molecule has 1 atom stereocenters. The zero-order valence-electron chi connectivity index (χ0n) is 13.8. The lowest BCUT2D eigenvalue weighted by Crippen LogP contribution is -2.49. The zero-order valence-corrected chi connectivity index (χ0v) is 16.9. The van der Waals surface area contributed by atoms with Crippen LogP contribution in [-0.4, -0.2) is 24.3 Å². The second kappa shape index (κ2) is 9.83. The van der Waals surface area contributed by atoms with E-state index in [9.17, 15) is 13.2 Å². The van der Waals surface area contributed by atoms with Crippen molar-refractivity contribution in [2.24, 2.45) is 5.14 Å². The summed E-state index contributed by atoms with van der Waals surface area (Å²) in [6, 6.07) is 5.58. The molecule has 25 heavy (non-hydrogen) atoms. The number of nitrogens with one attached hydrogen (secondary N) is 2. The minimum Gasteiger partial charge on any atom is -0.362 e. The van der Waals surface area contributed by atoms with Gasteiger partial charge in [0, 0.05) is 12.1 Å². The van der Waals surface area contributed by atoms with Crippen molar-refractivity contribution in [2.75, 3.05) is 5.32 Å². The summed E-state index contributed by atoms with van der Waals surface area (Å²) in [5.41, 5.74) is 0.468. The molecule has 4 N–H and O–H groups in total. The molecule has 6 nitrogen and oxygen atoms in total. The molecule has 142 valence electrons. The molecule has 0 saturated heterocycles. The van der Waals surface area contributed by atoms with Crippen LogP contribution in [0.5, 0.6) is 0 Å². The first-order chi connectivity index (χ1) is 11.5. The van der Waals surface area contributed by atoms with Gasteiger partial charge < -0.3 is 10.6 Å². The molecule has 1 unspecified atom stereocenters. The van der Waals surface area contributed by atoms with E-state index in [-0.39, 0.29) is 10.8 Å². The summed E-state index contributed by atoms with van der Waals surface area (Å²) >= 11 is 17.8. The quantitative estimate of drug-likeness (QED) is 0.317. The van der Waals surface area contributed by atoms with Crippen LogP contribution >= 0.6 is 34.8 Å². The number of amides is 1. The van der Waals surface area contributed by atoms with Crippen molar-refractivity contribution in [3.8, 4) is 0 Å². The van der Waals surface area contributed by atoms with Gasteiger partial charge in [-0.2, -0.15) is 0 Å². The normalized spacial score (nSPS) is 13.3. The Bertz CT molecular complexity index is 661. The van der Waals surface area contributed by atoms with E-state index in [4.69, 9.17) is 39.9 Å². The molecule has 0 radical (unpaired) electrons. The molecule has 1 aromatic carbocycles. The van der Waals surface area contributed by atoms with E-state index in [0.717, 1.165) is 25.7 Å². The third-order valence-electron chi connectivity index (χ3n) is 3.38. The first-order valence-corrected chi connectivity index (χ1v) is 10.5. The van der Waals surface area contributed by atoms with Crippen LogP contribution in [0.3, 0.4) is 0 Å². The fourth-order valence-electron chi connectivity index (χ4n) is 2.05. The predicted octanol–water partition coefficient (Wildman–Crippen LogP) is 3.53. The molecule has 0 aliphatic rings. The van der Waals surface area contributed by atoms with Gasteiger partial charge in [0.2, 0.25) is 19.7 Å². The molecule has 0 bridgehead atoms. The van der Waals surface area contributed by atoms with Crippen molar-refractivity contribution in [3.05, 3.63) is 24.3 Å². The number of hydrogen-bond donors (Lipinski definition) is 3. The molecule has 0 spiro atoms. The number of primary sulfonamides is 1. The van der Waals surface area contributed by atoms with Gasteiger partial charge in [0.25, 0.3) is 0 Å². The van der Waals surface area contributed by atoms with Crippen LogP contribution in [0.2, 0.25) is 0 Å². The highest BCUT2D eigenvalue weighted by Crippen LogP contribution is 2.31. The van der Waals surface area contributed by atoms with Gasteiger partial charge in [0.1, 0.15) is 6.17 Å². The first-order valence-electron chi connectivity index (χ1n) is 7.79. The number of anilines is 1. The average Bonchev–Trinajstić information content (AvgIpc) is 2.50. The molecule has 10 heteroatoms. The topological polar surface area (TPSA) is 101 Å². The van der Waals surface area contributed by atoms with Gasteiger partial charge in [-0.3, -0.25) is 4.79 Å². The number of alkyl halides is 3. The maximum atomic E-state index is 12.0. The van der Waals surface area contributed by atoms with Crippen molar-refractivity contribution in [1.29, 1.82) is 0 Å². The number of unbranched alkanes of at least 4 members (excludes halogenated alkanes) is 3. The maximum absolute atomic E-state index is 12.0. The Morgan fingerprint density at radius 1 is 1.16 bits per heavy atom. The molecule has 1 aromatic rings. The first kappa shape index (κ1) is 22.3. The summed E-state index contributed by atoms with van der Waals surface area (Å²) in [6.45, 7) is 2.09. The number of carbonyl (C=O) groups is 1.